The molecule has 1 fully saturated rings. The van der Waals surface area contributed by atoms with Gasteiger partial charge in [0.05, 0.1) is 17.7 Å². The Kier molecular flexibility index (Phi) is 10.8. The van der Waals surface area contributed by atoms with Crippen molar-refractivity contribution in [2.24, 2.45) is 0 Å². The first-order valence-electron chi connectivity index (χ1n) is 15.7. The zero-order valence-corrected chi connectivity index (χ0v) is 27.2. The van der Waals surface area contributed by atoms with Crippen molar-refractivity contribution in [1.29, 1.82) is 0 Å². The van der Waals surface area contributed by atoms with Crippen molar-refractivity contribution in [3.63, 3.8) is 0 Å². The summed E-state index contributed by atoms with van der Waals surface area (Å²) >= 11 is 0. The molecule has 0 spiro atoms. The van der Waals surface area contributed by atoms with Gasteiger partial charge < -0.3 is 15.0 Å². The largest absolute Gasteiger partial charge is 0.497 e. The number of nitrogens with one attached hydrogen (secondary N) is 1. The Hall–Kier alpha value is -4.63. The van der Waals surface area contributed by atoms with Crippen LogP contribution in [0.4, 0.5) is 5.69 Å². The lowest BCUT2D eigenvalue weighted by Crippen LogP contribution is -2.54. The van der Waals surface area contributed by atoms with Crippen LogP contribution in [0.1, 0.15) is 42.4 Å². The third-order valence-corrected chi connectivity index (χ3v) is 10.2. The van der Waals surface area contributed by atoms with Crippen LogP contribution in [0.2, 0.25) is 0 Å². The van der Waals surface area contributed by atoms with Crippen LogP contribution in [0.5, 0.6) is 5.75 Å². The van der Waals surface area contributed by atoms with Crippen LogP contribution in [0.3, 0.4) is 0 Å². The van der Waals surface area contributed by atoms with Crippen LogP contribution in [-0.4, -0.2) is 50.9 Å². The number of carbonyl (C=O) groups is 2. The molecule has 2 amide bonds. The summed E-state index contributed by atoms with van der Waals surface area (Å²) in [5.41, 5.74) is 3.09. The Morgan fingerprint density at radius 1 is 0.848 bits per heavy atom. The summed E-state index contributed by atoms with van der Waals surface area (Å²) in [6.07, 6.45) is 4.17. The standard InChI is InChI=1S/C37H41N3O5S/c1-28-20-22-30(23-21-28)26-39(35(24-29-12-5-3-6-13-29)37(42)38-31-14-9-10-15-31)36(41)27-40(32-16-11-17-33(25-32)45-2)46(43,44)34-18-7-4-8-19-34/h3-8,11-13,16-23,25,31,35H,9-10,14-15,24,26-27H2,1-2H3,(H,38,42). The molecular weight excluding hydrogens is 598 g/mol. The third kappa shape index (κ3) is 8.14. The first kappa shape index (κ1) is 32.8. The minimum atomic E-state index is -4.18. The number of benzene rings is 4. The number of ether oxygens (including phenoxy) is 1. The molecule has 1 unspecified atom stereocenters. The molecule has 9 heteroatoms. The summed E-state index contributed by atoms with van der Waals surface area (Å²) in [6.45, 7) is 1.60. The smallest absolute Gasteiger partial charge is 0.264 e. The number of sulfonamides is 1. The molecule has 0 aliphatic heterocycles. The van der Waals surface area contributed by atoms with Crippen molar-refractivity contribution in [3.8, 4) is 5.75 Å². The molecule has 1 atom stereocenters. The minimum absolute atomic E-state index is 0.0499. The molecule has 4 aromatic rings. The normalized spacial score (nSPS) is 14.0. The predicted octanol–water partition coefficient (Wildman–Crippen LogP) is 5.90. The highest BCUT2D eigenvalue weighted by atomic mass is 32.2. The highest BCUT2D eigenvalue weighted by Gasteiger charge is 2.35. The van der Waals surface area contributed by atoms with E-state index in [1.165, 1.54) is 24.1 Å². The summed E-state index contributed by atoms with van der Waals surface area (Å²) < 4.78 is 34.8. The van der Waals surface area contributed by atoms with E-state index in [0.29, 0.717) is 5.75 Å². The molecule has 0 saturated heterocycles. The van der Waals surface area contributed by atoms with Gasteiger partial charge in [-0.05, 0) is 55.2 Å². The number of aryl methyl sites for hydroxylation is 1. The third-order valence-electron chi connectivity index (χ3n) is 8.40. The summed E-state index contributed by atoms with van der Waals surface area (Å²) in [4.78, 5) is 30.3. The predicted molar refractivity (Wildman–Crippen MR) is 180 cm³/mol. The lowest BCUT2D eigenvalue weighted by molar-refractivity contribution is -0.140. The van der Waals surface area contributed by atoms with Crippen molar-refractivity contribution in [3.05, 3.63) is 126 Å². The van der Waals surface area contributed by atoms with E-state index in [0.717, 1.165) is 46.7 Å². The van der Waals surface area contributed by atoms with E-state index in [1.54, 1.807) is 42.5 Å². The van der Waals surface area contributed by atoms with E-state index in [-0.39, 0.29) is 35.5 Å². The number of carbonyl (C=O) groups excluding carboxylic acids is 2. The van der Waals surface area contributed by atoms with Gasteiger partial charge >= 0.3 is 0 Å². The zero-order valence-electron chi connectivity index (χ0n) is 26.3. The molecule has 1 saturated carbocycles. The van der Waals surface area contributed by atoms with Crippen LogP contribution >= 0.6 is 0 Å². The van der Waals surface area contributed by atoms with Gasteiger partial charge in [0.15, 0.2) is 0 Å². The lowest BCUT2D eigenvalue weighted by atomic mass is 10.0. The number of amides is 2. The SMILES string of the molecule is COc1cccc(N(CC(=O)N(Cc2ccc(C)cc2)C(Cc2ccccc2)C(=O)NC2CCCC2)S(=O)(=O)c2ccccc2)c1. The second-order valence-corrected chi connectivity index (χ2v) is 13.6. The van der Waals surface area contributed by atoms with Crippen molar-refractivity contribution >= 4 is 27.5 Å². The van der Waals surface area contributed by atoms with E-state index in [1.807, 2.05) is 61.5 Å². The van der Waals surface area contributed by atoms with Gasteiger partial charge in [-0.3, -0.25) is 13.9 Å². The highest BCUT2D eigenvalue weighted by Crippen LogP contribution is 2.28. The van der Waals surface area contributed by atoms with Gasteiger partial charge in [0.2, 0.25) is 11.8 Å². The Morgan fingerprint density at radius 2 is 1.50 bits per heavy atom. The summed E-state index contributed by atoms with van der Waals surface area (Å²) in [6, 6.07) is 31.2. The molecule has 1 N–H and O–H groups in total. The molecule has 46 heavy (non-hydrogen) atoms. The molecule has 0 aromatic heterocycles. The van der Waals surface area contributed by atoms with Gasteiger partial charge in [0.1, 0.15) is 18.3 Å². The summed E-state index contributed by atoms with van der Waals surface area (Å²) in [5, 5.41) is 3.20. The maximum Gasteiger partial charge on any atom is 0.264 e. The van der Waals surface area contributed by atoms with E-state index >= 15 is 0 Å². The average molecular weight is 640 g/mol. The number of rotatable bonds is 13. The van der Waals surface area contributed by atoms with Crippen LogP contribution in [-0.2, 0) is 32.6 Å². The van der Waals surface area contributed by atoms with Gasteiger partial charge in [-0.25, -0.2) is 8.42 Å². The fourth-order valence-electron chi connectivity index (χ4n) is 5.83. The first-order chi connectivity index (χ1) is 22.2. The molecule has 0 radical (unpaired) electrons. The second-order valence-electron chi connectivity index (χ2n) is 11.7. The molecule has 4 aromatic carbocycles. The van der Waals surface area contributed by atoms with Crippen LogP contribution in [0.15, 0.2) is 114 Å². The molecule has 1 aliphatic carbocycles. The summed E-state index contributed by atoms with van der Waals surface area (Å²) in [5.74, 6) is -0.284. The Balaban J connectivity index is 1.56. The van der Waals surface area contributed by atoms with Crippen molar-refractivity contribution in [2.45, 2.75) is 62.6 Å². The molecular formula is C37H41N3O5S. The zero-order chi connectivity index (χ0) is 32.5. The van der Waals surface area contributed by atoms with Gasteiger partial charge in [0, 0.05) is 25.1 Å². The number of anilines is 1. The van der Waals surface area contributed by atoms with Crippen LogP contribution in [0, 0.1) is 6.92 Å². The van der Waals surface area contributed by atoms with Gasteiger partial charge in [0.25, 0.3) is 10.0 Å². The fraction of sp³-hybridized carbons (Fsp3) is 0.297. The molecule has 8 nitrogen and oxygen atoms in total. The number of methoxy groups -OCH3 is 1. The van der Waals surface area contributed by atoms with E-state index in [9.17, 15) is 18.0 Å². The molecule has 5 rings (SSSR count). The first-order valence-corrected chi connectivity index (χ1v) is 17.1. The number of hydrogen-bond donors (Lipinski definition) is 1. The van der Waals surface area contributed by atoms with Crippen molar-refractivity contribution in [2.75, 3.05) is 18.0 Å². The maximum atomic E-state index is 14.6. The quantitative estimate of drug-likeness (QED) is 0.197. The highest BCUT2D eigenvalue weighted by molar-refractivity contribution is 7.92. The number of hydrogen-bond acceptors (Lipinski definition) is 5. The maximum absolute atomic E-state index is 14.6. The molecule has 240 valence electrons. The molecule has 0 heterocycles. The fourth-order valence-corrected chi connectivity index (χ4v) is 7.25. The summed E-state index contributed by atoms with van der Waals surface area (Å²) in [7, 11) is -2.68. The Labute approximate surface area is 272 Å². The van der Waals surface area contributed by atoms with Gasteiger partial charge in [-0.15, -0.1) is 0 Å². The van der Waals surface area contributed by atoms with Crippen LogP contribution < -0.4 is 14.4 Å². The Morgan fingerprint density at radius 3 is 2.15 bits per heavy atom. The van der Waals surface area contributed by atoms with Crippen LogP contribution in [0.25, 0.3) is 0 Å². The number of nitrogens with zero attached hydrogens (tertiary/aromatic N) is 2. The van der Waals surface area contributed by atoms with E-state index in [4.69, 9.17) is 4.74 Å². The van der Waals surface area contributed by atoms with E-state index in [2.05, 4.69) is 5.32 Å². The topological polar surface area (TPSA) is 96.0 Å². The molecule has 0 bridgehead atoms. The second kappa shape index (κ2) is 15.1. The minimum Gasteiger partial charge on any atom is -0.497 e. The van der Waals surface area contributed by atoms with Gasteiger partial charge in [-0.2, -0.15) is 0 Å². The van der Waals surface area contributed by atoms with Crippen molar-refractivity contribution < 1.29 is 22.7 Å². The monoisotopic (exact) mass is 639 g/mol. The van der Waals surface area contributed by atoms with Gasteiger partial charge in [-0.1, -0.05) is 97.3 Å². The average Bonchev–Trinajstić information content (AvgIpc) is 3.59. The molecule has 1 aliphatic rings. The van der Waals surface area contributed by atoms with E-state index < -0.39 is 28.5 Å². The Bertz CT molecular complexity index is 1710. The van der Waals surface area contributed by atoms with Crippen molar-refractivity contribution in [1.82, 2.24) is 10.2 Å². The lowest BCUT2D eigenvalue weighted by Gasteiger charge is -2.34.